The first-order valence-corrected chi connectivity index (χ1v) is 4.86. The molecule has 0 fully saturated rings. The third-order valence-electron chi connectivity index (χ3n) is 2.44. The smallest absolute Gasteiger partial charge is 0.320 e. The summed E-state index contributed by atoms with van der Waals surface area (Å²) in [6.07, 6.45) is 3.24. The van der Waals surface area contributed by atoms with E-state index in [1.54, 1.807) is 0 Å². The zero-order valence-corrected chi connectivity index (χ0v) is 8.63. The van der Waals surface area contributed by atoms with Crippen LogP contribution in [-0.4, -0.2) is 38.2 Å². The summed E-state index contributed by atoms with van der Waals surface area (Å²) < 4.78 is 0. The van der Waals surface area contributed by atoms with Gasteiger partial charge >= 0.3 is 5.97 Å². The van der Waals surface area contributed by atoms with Gasteiger partial charge in [0.05, 0.1) is 0 Å². The fraction of sp³-hybridized carbons (Fsp3) is 0.500. The van der Waals surface area contributed by atoms with Crippen molar-refractivity contribution in [3.05, 3.63) is 23.5 Å². The molecule has 1 rings (SSSR count). The molecule has 90 valence electrons. The van der Waals surface area contributed by atoms with E-state index in [4.69, 9.17) is 10.8 Å². The van der Waals surface area contributed by atoms with Crippen LogP contribution in [0.2, 0.25) is 0 Å². The van der Waals surface area contributed by atoms with Crippen LogP contribution in [0, 0.1) is 0 Å². The second-order valence-electron chi connectivity index (χ2n) is 3.81. The van der Waals surface area contributed by atoms with E-state index in [1.165, 1.54) is 12.2 Å². The Balaban J connectivity index is 2.53. The Morgan fingerprint density at radius 1 is 1.56 bits per heavy atom. The fourth-order valence-corrected chi connectivity index (χ4v) is 1.35. The average Bonchev–Trinajstić information content (AvgIpc) is 2.19. The van der Waals surface area contributed by atoms with Crippen LogP contribution in [0.25, 0.3) is 0 Å². The van der Waals surface area contributed by atoms with E-state index in [9.17, 15) is 20.1 Å². The van der Waals surface area contributed by atoms with Gasteiger partial charge in [-0.15, -0.1) is 0 Å². The maximum absolute atomic E-state index is 10.5. The van der Waals surface area contributed by atoms with Crippen molar-refractivity contribution in [2.45, 2.75) is 31.1 Å². The molecule has 0 aromatic heterocycles. The van der Waals surface area contributed by atoms with Crippen LogP contribution < -0.4 is 5.73 Å². The molecule has 0 unspecified atom stereocenters. The molecule has 0 aliphatic heterocycles. The van der Waals surface area contributed by atoms with Crippen LogP contribution in [0.3, 0.4) is 0 Å². The van der Waals surface area contributed by atoms with Gasteiger partial charge in [0.1, 0.15) is 6.04 Å². The molecule has 0 amide bonds. The van der Waals surface area contributed by atoms with Crippen molar-refractivity contribution in [1.29, 1.82) is 0 Å². The Kier molecular flexibility index (Phi) is 3.69. The van der Waals surface area contributed by atoms with Crippen molar-refractivity contribution in [2.24, 2.45) is 5.73 Å². The number of hydrogen-bond donors (Lipinski definition) is 5. The molecule has 0 spiro atoms. The third kappa shape index (κ3) is 3.06. The molecule has 6 nitrogen and oxygen atoms in total. The number of carbonyl (C=O) groups is 1. The van der Waals surface area contributed by atoms with Crippen molar-refractivity contribution in [3.8, 4) is 0 Å². The maximum Gasteiger partial charge on any atom is 0.320 e. The van der Waals surface area contributed by atoms with Gasteiger partial charge in [0.15, 0.2) is 5.76 Å². The quantitative estimate of drug-likeness (QED) is 0.419. The van der Waals surface area contributed by atoms with Gasteiger partial charge in [0, 0.05) is 6.42 Å². The van der Waals surface area contributed by atoms with Gasteiger partial charge in [-0.25, -0.2) is 0 Å². The molecule has 1 aliphatic rings. The molecular weight excluding hydrogens is 214 g/mol. The minimum Gasteiger partial charge on any atom is -0.507 e. The second kappa shape index (κ2) is 4.65. The Hall–Kier alpha value is -1.37. The predicted molar refractivity (Wildman–Crippen MR) is 55.4 cm³/mol. The Labute approximate surface area is 92.3 Å². The molecule has 1 aliphatic carbocycles. The molecular formula is C10H15NO5. The lowest BCUT2D eigenvalue weighted by Gasteiger charge is -2.23. The van der Waals surface area contributed by atoms with Crippen molar-refractivity contribution >= 4 is 5.97 Å². The summed E-state index contributed by atoms with van der Waals surface area (Å²) in [5, 5.41) is 36.2. The first-order valence-electron chi connectivity index (χ1n) is 4.86. The number of allylic oxidation sites excluding steroid dienone is 2. The molecule has 0 aromatic carbocycles. The number of aliphatic hydroxyl groups is 3. The number of rotatable bonds is 4. The number of hydrogen-bond acceptors (Lipinski definition) is 5. The number of aliphatic hydroxyl groups excluding tert-OH is 1. The highest BCUT2D eigenvalue weighted by atomic mass is 16.5. The lowest BCUT2D eigenvalue weighted by molar-refractivity contribution is -0.150. The summed E-state index contributed by atoms with van der Waals surface area (Å²) >= 11 is 0. The molecule has 0 heterocycles. The Morgan fingerprint density at radius 2 is 2.19 bits per heavy atom. The number of carboxylic acids is 1. The van der Waals surface area contributed by atoms with Crippen molar-refractivity contribution in [1.82, 2.24) is 0 Å². The van der Waals surface area contributed by atoms with Crippen LogP contribution in [0.1, 0.15) is 19.3 Å². The zero-order valence-electron chi connectivity index (χ0n) is 8.63. The van der Waals surface area contributed by atoms with E-state index >= 15 is 0 Å². The van der Waals surface area contributed by atoms with Crippen molar-refractivity contribution in [2.75, 3.05) is 0 Å². The number of carboxylic acid groups (broad SMARTS) is 1. The molecule has 1 atom stereocenters. The number of nitrogens with two attached hydrogens (primary N) is 1. The lowest BCUT2D eigenvalue weighted by Crippen LogP contribution is -2.32. The van der Waals surface area contributed by atoms with E-state index in [1.807, 2.05) is 0 Å². The zero-order chi connectivity index (χ0) is 12.3. The molecule has 0 saturated carbocycles. The first-order chi connectivity index (χ1) is 7.33. The summed E-state index contributed by atoms with van der Waals surface area (Å²) in [5.74, 6) is -3.82. The van der Waals surface area contributed by atoms with Crippen LogP contribution >= 0.6 is 0 Å². The topological polar surface area (TPSA) is 124 Å². The van der Waals surface area contributed by atoms with Crippen LogP contribution in [0.15, 0.2) is 23.5 Å². The predicted octanol–water partition coefficient (Wildman–Crippen LogP) is -0.369. The summed E-state index contributed by atoms with van der Waals surface area (Å²) in [6, 6.07) is -0.952. The monoisotopic (exact) mass is 229 g/mol. The summed E-state index contributed by atoms with van der Waals surface area (Å²) in [6.45, 7) is 0. The molecule has 0 saturated heterocycles. The van der Waals surface area contributed by atoms with Gasteiger partial charge in [-0.2, -0.15) is 0 Å². The first kappa shape index (κ1) is 12.7. The van der Waals surface area contributed by atoms with Gasteiger partial charge < -0.3 is 26.2 Å². The minimum absolute atomic E-state index is 0.118. The minimum atomic E-state index is -2.21. The van der Waals surface area contributed by atoms with Gasteiger partial charge in [-0.05, 0) is 24.5 Å². The molecule has 0 bridgehead atoms. The normalized spacial score (nSPS) is 20.9. The number of aliphatic carboxylic acids is 1. The van der Waals surface area contributed by atoms with E-state index < -0.39 is 23.6 Å². The molecule has 16 heavy (non-hydrogen) atoms. The van der Waals surface area contributed by atoms with Gasteiger partial charge in [-0.3, -0.25) is 4.79 Å². The standard InChI is InChI=1S/C10H15NO5/c11-7(9(13)14)2-1-6-3-4-10(15,16)8(12)5-6/h3,5,7,12,15-16H,1-2,4,11H2,(H,13,14)/t7-/m0/s1. The highest BCUT2D eigenvalue weighted by molar-refractivity contribution is 5.73. The largest absolute Gasteiger partial charge is 0.507 e. The van der Waals surface area contributed by atoms with E-state index in [0.29, 0.717) is 12.0 Å². The van der Waals surface area contributed by atoms with Gasteiger partial charge in [-0.1, -0.05) is 6.08 Å². The van der Waals surface area contributed by atoms with E-state index in [0.717, 1.165) is 0 Å². The van der Waals surface area contributed by atoms with E-state index in [2.05, 4.69) is 0 Å². The summed E-state index contributed by atoms with van der Waals surface area (Å²) in [7, 11) is 0. The molecule has 0 aromatic rings. The molecule has 6 N–H and O–H groups in total. The highest BCUT2D eigenvalue weighted by Crippen LogP contribution is 2.26. The fourth-order valence-electron chi connectivity index (χ4n) is 1.35. The van der Waals surface area contributed by atoms with Gasteiger partial charge in [0.25, 0.3) is 0 Å². The molecule has 0 radical (unpaired) electrons. The van der Waals surface area contributed by atoms with Gasteiger partial charge in [0.2, 0.25) is 5.79 Å². The lowest BCUT2D eigenvalue weighted by atomic mass is 9.96. The van der Waals surface area contributed by atoms with Crippen LogP contribution in [-0.2, 0) is 4.79 Å². The van der Waals surface area contributed by atoms with Crippen molar-refractivity contribution < 1.29 is 25.2 Å². The Morgan fingerprint density at radius 3 is 2.69 bits per heavy atom. The second-order valence-corrected chi connectivity index (χ2v) is 3.81. The molecule has 6 heteroatoms. The average molecular weight is 229 g/mol. The third-order valence-corrected chi connectivity index (χ3v) is 2.44. The van der Waals surface area contributed by atoms with E-state index in [-0.39, 0.29) is 12.8 Å². The summed E-state index contributed by atoms with van der Waals surface area (Å²) in [4.78, 5) is 10.5. The SMILES string of the molecule is N[C@@H](CCC1=CCC(O)(O)C(O)=C1)C(=O)O. The Bertz CT molecular complexity index is 345. The maximum atomic E-state index is 10.5. The highest BCUT2D eigenvalue weighted by Gasteiger charge is 2.30. The van der Waals surface area contributed by atoms with Crippen LogP contribution in [0.4, 0.5) is 0 Å². The van der Waals surface area contributed by atoms with Crippen molar-refractivity contribution in [3.63, 3.8) is 0 Å². The van der Waals surface area contributed by atoms with Crippen LogP contribution in [0.5, 0.6) is 0 Å². The summed E-state index contributed by atoms with van der Waals surface area (Å²) in [5.41, 5.74) is 5.96.